The molecule has 0 aromatic heterocycles. The average molecular weight is 630 g/mol. The number of hydrogen-bond donors (Lipinski definition) is 3. The minimum atomic E-state index is -5.08. The number of hydrogen-bond acceptors (Lipinski definition) is 8. The van der Waals surface area contributed by atoms with Gasteiger partial charge in [0.15, 0.2) is 0 Å². The van der Waals surface area contributed by atoms with Crippen LogP contribution in [0.3, 0.4) is 0 Å². The number of methoxy groups -OCH3 is 1. The fourth-order valence-electron chi connectivity index (χ4n) is 4.45. The SMILES string of the molecule is COc1ccc(S(=O)(=O)Nc2cc(C(=O)N(C)CC(=O)N3CCCC3)ccc2N2CCNCC2)cc1.O=C(O)C(F)(F)F. The highest BCUT2D eigenvalue weighted by molar-refractivity contribution is 7.92. The van der Waals surface area contributed by atoms with Crippen LogP contribution in [0.2, 0.25) is 0 Å². The fraction of sp³-hybridized carbons (Fsp3) is 0.444. The van der Waals surface area contributed by atoms with Crippen LogP contribution >= 0.6 is 0 Å². The largest absolute Gasteiger partial charge is 0.497 e. The number of carboxylic acid groups (broad SMARTS) is 1. The van der Waals surface area contributed by atoms with E-state index in [1.807, 2.05) is 0 Å². The van der Waals surface area contributed by atoms with Crippen molar-refractivity contribution >= 4 is 39.2 Å². The Morgan fingerprint density at radius 1 is 1.02 bits per heavy atom. The van der Waals surface area contributed by atoms with Crippen LogP contribution in [0.4, 0.5) is 24.5 Å². The maximum absolute atomic E-state index is 13.2. The molecule has 2 amide bonds. The molecule has 0 unspecified atom stereocenters. The summed E-state index contributed by atoms with van der Waals surface area (Å²) in [6, 6.07) is 11.1. The zero-order valence-corrected chi connectivity index (χ0v) is 24.5. The molecule has 43 heavy (non-hydrogen) atoms. The predicted molar refractivity (Wildman–Crippen MR) is 152 cm³/mol. The third-order valence-electron chi connectivity index (χ3n) is 6.74. The van der Waals surface area contributed by atoms with E-state index in [0.29, 0.717) is 35.8 Å². The summed E-state index contributed by atoms with van der Waals surface area (Å²) in [4.78, 5) is 39.9. The summed E-state index contributed by atoms with van der Waals surface area (Å²) in [7, 11) is -0.827. The first kappa shape index (κ1) is 33.5. The number of nitrogens with zero attached hydrogens (tertiary/aromatic N) is 3. The number of nitrogens with one attached hydrogen (secondary N) is 2. The lowest BCUT2D eigenvalue weighted by atomic mass is 10.1. The van der Waals surface area contributed by atoms with E-state index in [9.17, 15) is 31.2 Å². The van der Waals surface area contributed by atoms with Gasteiger partial charge in [-0.1, -0.05) is 0 Å². The van der Waals surface area contributed by atoms with Crippen molar-refractivity contribution in [2.45, 2.75) is 23.9 Å². The third kappa shape index (κ3) is 9.22. The summed E-state index contributed by atoms with van der Waals surface area (Å²) in [5, 5.41) is 10.4. The Bertz CT molecular complexity index is 1390. The van der Waals surface area contributed by atoms with Crippen molar-refractivity contribution in [2.24, 2.45) is 0 Å². The van der Waals surface area contributed by atoms with Crippen LogP contribution in [0, 0.1) is 0 Å². The standard InChI is InChI=1S/C25H33N5O5S.C2HF3O2/c1-28(18-24(31)30-13-3-4-14-30)25(32)19-5-10-23(29-15-11-26-12-16-29)22(17-19)27-36(33,34)21-8-6-20(35-2)7-9-21;3-2(4,5)1(6)7/h5-10,17,26-27H,3-4,11-16,18H2,1-2H3;(H,6,7). The maximum Gasteiger partial charge on any atom is 0.490 e. The molecule has 0 spiro atoms. The van der Waals surface area contributed by atoms with Gasteiger partial charge in [0.2, 0.25) is 5.91 Å². The molecular weight excluding hydrogens is 595 g/mol. The fourth-order valence-corrected chi connectivity index (χ4v) is 5.52. The van der Waals surface area contributed by atoms with Gasteiger partial charge in [-0.25, -0.2) is 13.2 Å². The summed E-state index contributed by atoms with van der Waals surface area (Å²) in [5.74, 6) is -2.64. The van der Waals surface area contributed by atoms with Crippen LogP contribution in [0.5, 0.6) is 5.75 Å². The molecule has 2 saturated heterocycles. The van der Waals surface area contributed by atoms with E-state index in [1.165, 1.54) is 24.1 Å². The summed E-state index contributed by atoms with van der Waals surface area (Å²) < 4.78 is 66.0. The van der Waals surface area contributed by atoms with Gasteiger partial charge in [-0.3, -0.25) is 14.3 Å². The Morgan fingerprint density at radius 3 is 2.14 bits per heavy atom. The number of likely N-dealkylation sites (tertiary alicyclic amines) is 1. The molecule has 0 saturated carbocycles. The summed E-state index contributed by atoms with van der Waals surface area (Å²) in [5.41, 5.74) is 1.32. The van der Waals surface area contributed by atoms with Crippen LogP contribution < -0.4 is 19.7 Å². The van der Waals surface area contributed by atoms with E-state index >= 15 is 0 Å². The molecular formula is C27H34F3N5O7S. The maximum atomic E-state index is 13.2. The Morgan fingerprint density at radius 2 is 1.60 bits per heavy atom. The number of halogens is 3. The van der Waals surface area contributed by atoms with Crippen molar-refractivity contribution < 1.29 is 45.8 Å². The number of rotatable bonds is 8. The third-order valence-corrected chi connectivity index (χ3v) is 8.12. The molecule has 236 valence electrons. The van der Waals surface area contributed by atoms with Gasteiger partial charge < -0.3 is 29.9 Å². The molecule has 4 rings (SSSR count). The number of likely N-dealkylation sites (N-methyl/N-ethyl adjacent to an activating group) is 1. The molecule has 2 aromatic rings. The Balaban J connectivity index is 0.000000646. The van der Waals surface area contributed by atoms with E-state index in [0.717, 1.165) is 39.0 Å². The van der Waals surface area contributed by atoms with Gasteiger partial charge in [0.25, 0.3) is 15.9 Å². The number of alkyl halides is 3. The van der Waals surface area contributed by atoms with E-state index < -0.39 is 22.2 Å². The number of aliphatic carboxylic acids is 1. The van der Waals surface area contributed by atoms with Gasteiger partial charge in [0, 0.05) is 51.9 Å². The molecule has 2 aliphatic heterocycles. The number of benzene rings is 2. The Labute approximate surface area is 247 Å². The van der Waals surface area contributed by atoms with E-state index in [4.69, 9.17) is 14.6 Å². The lowest BCUT2D eigenvalue weighted by molar-refractivity contribution is -0.192. The van der Waals surface area contributed by atoms with Crippen molar-refractivity contribution in [2.75, 3.05) is 69.6 Å². The quantitative estimate of drug-likeness (QED) is 0.400. The van der Waals surface area contributed by atoms with Gasteiger partial charge in [0.1, 0.15) is 5.75 Å². The second-order valence-electron chi connectivity index (χ2n) is 9.80. The predicted octanol–water partition coefficient (Wildman–Crippen LogP) is 2.23. The minimum Gasteiger partial charge on any atom is -0.497 e. The normalized spacial score (nSPS) is 15.3. The molecule has 0 atom stereocenters. The van der Waals surface area contributed by atoms with Crippen LogP contribution in [0.1, 0.15) is 23.2 Å². The van der Waals surface area contributed by atoms with Gasteiger partial charge in [-0.15, -0.1) is 0 Å². The van der Waals surface area contributed by atoms with Crippen molar-refractivity contribution in [3.05, 3.63) is 48.0 Å². The van der Waals surface area contributed by atoms with Crippen molar-refractivity contribution in [3.63, 3.8) is 0 Å². The number of sulfonamides is 1. The Hall–Kier alpha value is -4.05. The molecule has 2 fully saturated rings. The zero-order valence-electron chi connectivity index (χ0n) is 23.7. The van der Waals surface area contributed by atoms with Gasteiger partial charge >= 0.3 is 12.1 Å². The molecule has 0 bridgehead atoms. The van der Waals surface area contributed by atoms with Crippen molar-refractivity contribution in [1.82, 2.24) is 15.1 Å². The summed E-state index contributed by atoms with van der Waals surface area (Å²) >= 11 is 0. The molecule has 2 heterocycles. The number of amides is 2. The van der Waals surface area contributed by atoms with Crippen LogP contribution in [-0.4, -0.2) is 107 Å². The van der Waals surface area contributed by atoms with E-state index in [1.54, 1.807) is 42.3 Å². The van der Waals surface area contributed by atoms with Gasteiger partial charge in [0.05, 0.1) is 29.9 Å². The smallest absolute Gasteiger partial charge is 0.490 e. The first-order chi connectivity index (χ1) is 20.2. The summed E-state index contributed by atoms with van der Waals surface area (Å²) in [6.45, 7) is 4.36. The number of ether oxygens (including phenoxy) is 1. The molecule has 3 N–H and O–H groups in total. The first-order valence-electron chi connectivity index (χ1n) is 13.3. The highest BCUT2D eigenvalue weighted by atomic mass is 32.2. The average Bonchev–Trinajstić information content (AvgIpc) is 3.52. The molecule has 0 aliphatic carbocycles. The highest BCUT2D eigenvalue weighted by Gasteiger charge is 2.38. The molecule has 12 nitrogen and oxygen atoms in total. The zero-order chi connectivity index (χ0) is 31.8. The second-order valence-corrected chi connectivity index (χ2v) is 11.5. The van der Waals surface area contributed by atoms with Gasteiger partial charge in [-0.05, 0) is 55.3 Å². The van der Waals surface area contributed by atoms with Crippen LogP contribution in [0.25, 0.3) is 0 Å². The van der Waals surface area contributed by atoms with E-state index in [2.05, 4.69) is 14.9 Å². The first-order valence-corrected chi connectivity index (χ1v) is 14.8. The Kier molecular flexibility index (Phi) is 11.2. The number of carboxylic acids is 1. The molecule has 0 radical (unpaired) electrons. The molecule has 2 aliphatic rings. The molecule has 2 aromatic carbocycles. The van der Waals surface area contributed by atoms with E-state index in [-0.39, 0.29) is 23.3 Å². The second kappa shape index (κ2) is 14.4. The lowest BCUT2D eigenvalue weighted by Crippen LogP contribution is -2.44. The number of carbonyl (C=O) groups excluding carboxylic acids is 2. The number of carbonyl (C=O) groups is 3. The van der Waals surface area contributed by atoms with Crippen LogP contribution in [0.15, 0.2) is 47.4 Å². The monoisotopic (exact) mass is 629 g/mol. The highest BCUT2D eigenvalue weighted by Crippen LogP contribution is 2.31. The topological polar surface area (TPSA) is 149 Å². The van der Waals surface area contributed by atoms with Crippen molar-refractivity contribution in [3.8, 4) is 5.75 Å². The van der Waals surface area contributed by atoms with Crippen LogP contribution in [-0.2, 0) is 19.6 Å². The summed E-state index contributed by atoms with van der Waals surface area (Å²) in [6.07, 6.45) is -3.12. The molecule has 16 heteroatoms. The number of anilines is 2. The minimum absolute atomic E-state index is 0.0225. The lowest BCUT2D eigenvalue weighted by Gasteiger charge is -2.31. The number of piperazine rings is 1. The van der Waals surface area contributed by atoms with Gasteiger partial charge in [-0.2, -0.15) is 13.2 Å². The van der Waals surface area contributed by atoms with Crippen molar-refractivity contribution in [1.29, 1.82) is 0 Å².